The van der Waals surface area contributed by atoms with E-state index < -0.39 is 12.0 Å². The summed E-state index contributed by atoms with van der Waals surface area (Å²) >= 11 is 0. The van der Waals surface area contributed by atoms with Crippen LogP contribution in [0.1, 0.15) is 60.0 Å². The van der Waals surface area contributed by atoms with Gasteiger partial charge in [-0.2, -0.15) is 0 Å². The summed E-state index contributed by atoms with van der Waals surface area (Å²) in [5.74, 6) is -1.04. The van der Waals surface area contributed by atoms with Crippen LogP contribution in [-0.2, 0) is 27.3 Å². The van der Waals surface area contributed by atoms with Crippen LogP contribution in [0.5, 0.6) is 0 Å². The topological polar surface area (TPSA) is 75.7 Å². The molecule has 1 aliphatic carbocycles. The van der Waals surface area contributed by atoms with Crippen molar-refractivity contribution in [3.05, 3.63) is 71.3 Å². The second kappa shape index (κ2) is 10.4. The predicted octanol–water partition coefficient (Wildman–Crippen LogP) is 3.64. The van der Waals surface area contributed by atoms with E-state index >= 15 is 0 Å². The van der Waals surface area contributed by atoms with Crippen molar-refractivity contribution < 1.29 is 19.1 Å². The van der Waals surface area contributed by atoms with Crippen molar-refractivity contribution in [3.8, 4) is 0 Å². The van der Waals surface area contributed by atoms with Gasteiger partial charge in [-0.3, -0.25) is 9.59 Å². The summed E-state index contributed by atoms with van der Waals surface area (Å²) in [5.41, 5.74) is 2.57. The van der Waals surface area contributed by atoms with Gasteiger partial charge < -0.3 is 15.0 Å². The summed E-state index contributed by atoms with van der Waals surface area (Å²) in [4.78, 5) is 40.1. The maximum atomic E-state index is 13.2. The number of nitrogens with one attached hydrogen (secondary N) is 1. The molecule has 0 radical (unpaired) electrons. The van der Waals surface area contributed by atoms with Gasteiger partial charge in [0.25, 0.3) is 11.8 Å². The number of hydrogen-bond acceptors (Lipinski definition) is 4. The fourth-order valence-electron chi connectivity index (χ4n) is 4.62. The van der Waals surface area contributed by atoms with Crippen molar-refractivity contribution in [2.45, 2.75) is 63.6 Å². The van der Waals surface area contributed by atoms with Gasteiger partial charge in [0.15, 0.2) is 6.61 Å². The van der Waals surface area contributed by atoms with Crippen LogP contribution in [0.15, 0.2) is 54.6 Å². The zero-order valence-corrected chi connectivity index (χ0v) is 18.3. The molecule has 6 heteroatoms. The van der Waals surface area contributed by atoms with E-state index in [1.807, 2.05) is 30.3 Å². The standard InChI is InChI=1S/C26H30N2O4/c29-24(27-22-14-6-1-2-7-15-22)18-32-26(31)23-16-20-12-8-9-13-21(20)17-28(23)25(30)19-10-4-3-5-11-19/h3-5,8-13,22-23H,1-2,6-7,14-18H2,(H,27,29). The number of ether oxygens (including phenoxy) is 1. The van der Waals surface area contributed by atoms with Gasteiger partial charge in [0.05, 0.1) is 0 Å². The van der Waals surface area contributed by atoms with Crippen LogP contribution in [0, 0.1) is 0 Å². The van der Waals surface area contributed by atoms with E-state index in [0.717, 1.165) is 36.8 Å². The molecule has 1 saturated carbocycles. The van der Waals surface area contributed by atoms with Crippen molar-refractivity contribution in [1.82, 2.24) is 10.2 Å². The first kappa shape index (κ1) is 22.1. The van der Waals surface area contributed by atoms with E-state index in [4.69, 9.17) is 4.74 Å². The van der Waals surface area contributed by atoms with Crippen LogP contribution in [0.4, 0.5) is 0 Å². The second-order valence-corrected chi connectivity index (χ2v) is 8.65. The lowest BCUT2D eigenvalue weighted by molar-refractivity contribution is -0.153. The van der Waals surface area contributed by atoms with Crippen LogP contribution in [0.3, 0.4) is 0 Å². The monoisotopic (exact) mass is 434 g/mol. The highest BCUT2D eigenvalue weighted by Crippen LogP contribution is 2.26. The maximum Gasteiger partial charge on any atom is 0.329 e. The van der Waals surface area contributed by atoms with Crippen LogP contribution < -0.4 is 5.32 Å². The minimum Gasteiger partial charge on any atom is -0.454 e. The molecule has 2 aliphatic rings. The van der Waals surface area contributed by atoms with Crippen molar-refractivity contribution in [2.24, 2.45) is 0 Å². The number of carbonyl (C=O) groups excluding carboxylic acids is 3. The number of esters is 1. The van der Waals surface area contributed by atoms with Crippen LogP contribution in [-0.4, -0.2) is 41.4 Å². The summed E-state index contributed by atoms with van der Waals surface area (Å²) in [6.45, 7) is 0.0127. The Balaban J connectivity index is 1.43. The lowest BCUT2D eigenvalue weighted by atomic mass is 9.93. The Kier molecular flexibility index (Phi) is 7.20. The summed E-state index contributed by atoms with van der Waals surface area (Å²) in [6, 6.07) is 16.1. The number of nitrogens with zero attached hydrogens (tertiary/aromatic N) is 1. The van der Waals surface area contributed by atoms with E-state index in [1.54, 1.807) is 29.2 Å². The number of rotatable bonds is 5. The Morgan fingerprint density at radius 3 is 2.25 bits per heavy atom. The fourth-order valence-corrected chi connectivity index (χ4v) is 4.62. The third-order valence-electron chi connectivity index (χ3n) is 6.37. The number of hydrogen-bond donors (Lipinski definition) is 1. The molecule has 0 aromatic heterocycles. The Morgan fingerprint density at radius 1 is 0.875 bits per heavy atom. The Morgan fingerprint density at radius 2 is 1.53 bits per heavy atom. The highest BCUT2D eigenvalue weighted by Gasteiger charge is 2.36. The first-order chi connectivity index (χ1) is 15.6. The van der Waals surface area contributed by atoms with Gasteiger partial charge in [-0.05, 0) is 36.1 Å². The lowest BCUT2D eigenvalue weighted by Gasteiger charge is -2.35. The fraction of sp³-hybridized carbons (Fsp3) is 0.423. The zero-order chi connectivity index (χ0) is 22.3. The van der Waals surface area contributed by atoms with Crippen LogP contribution in [0.25, 0.3) is 0 Å². The number of carbonyl (C=O) groups is 3. The predicted molar refractivity (Wildman–Crippen MR) is 121 cm³/mol. The third-order valence-corrected chi connectivity index (χ3v) is 6.37. The molecule has 2 amide bonds. The van der Waals surface area contributed by atoms with Gasteiger partial charge in [0, 0.05) is 24.6 Å². The van der Waals surface area contributed by atoms with E-state index in [2.05, 4.69) is 5.32 Å². The molecule has 2 aromatic carbocycles. The van der Waals surface area contributed by atoms with E-state index in [0.29, 0.717) is 18.5 Å². The smallest absolute Gasteiger partial charge is 0.329 e. The first-order valence-electron chi connectivity index (χ1n) is 11.5. The average molecular weight is 435 g/mol. The van der Waals surface area contributed by atoms with Gasteiger partial charge >= 0.3 is 5.97 Å². The molecule has 2 aromatic rings. The van der Waals surface area contributed by atoms with Crippen molar-refractivity contribution in [2.75, 3.05) is 6.61 Å². The second-order valence-electron chi connectivity index (χ2n) is 8.65. The molecule has 0 saturated heterocycles. The number of benzene rings is 2. The average Bonchev–Trinajstić information content (AvgIpc) is 3.10. The van der Waals surface area contributed by atoms with Gasteiger partial charge in [-0.15, -0.1) is 0 Å². The summed E-state index contributed by atoms with van der Waals surface area (Å²) in [5, 5.41) is 3.00. The lowest BCUT2D eigenvalue weighted by Crippen LogP contribution is -2.50. The van der Waals surface area contributed by atoms with Gasteiger partial charge in [0.1, 0.15) is 6.04 Å². The van der Waals surface area contributed by atoms with Crippen molar-refractivity contribution in [1.29, 1.82) is 0 Å². The maximum absolute atomic E-state index is 13.2. The van der Waals surface area contributed by atoms with Gasteiger partial charge in [-0.25, -0.2) is 4.79 Å². The van der Waals surface area contributed by atoms with Crippen LogP contribution >= 0.6 is 0 Å². The highest BCUT2D eigenvalue weighted by molar-refractivity contribution is 5.97. The molecule has 1 heterocycles. The Hall–Kier alpha value is -3.15. The van der Waals surface area contributed by atoms with Crippen molar-refractivity contribution >= 4 is 17.8 Å². The zero-order valence-electron chi connectivity index (χ0n) is 18.3. The SMILES string of the molecule is O=C(COC(=O)C1Cc2ccccc2CN1C(=O)c1ccccc1)NC1CCCCCC1. The largest absolute Gasteiger partial charge is 0.454 e. The quantitative estimate of drug-likeness (QED) is 0.576. The van der Waals surface area contributed by atoms with Gasteiger partial charge in [0.2, 0.25) is 0 Å². The summed E-state index contributed by atoms with van der Waals surface area (Å²) < 4.78 is 5.40. The van der Waals surface area contributed by atoms with Crippen LogP contribution in [0.2, 0.25) is 0 Å². The molecular formula is C26H30N2O4. The molecule has 32 heavy (non-hydrogen) atoms. The molecule has 6 nitrogen and oxygen atoms in total. The third kappa shape index (κ3) is 5.36. The number of amides is 2. The molecule has 168 valence electrons. The molecule has 4 rings (SSSR count). The molecule has 1 unspecified atom stereocenters. The Labute approximate surface area is 188 Å². The summed E-state index contributed by atoms with van der Waals surface area (Å²) in [6.07, 6.45) is 6.95. The van der Waals surface area contributed by atoms with E-state index in [9.17, 15) is 14.4 Å². The van der Waals surface area contributed by atoms with Crippen molar-refractivity contribution in [3.63, 3.8) is 0 Å². The number of fused-ring (bicyclic) bond motifs is 1. The summed E-state index contributed by atoms with van der Waals surface area (Å²) in [7, 11) is 0. The van der Waals surface area contributed by atoms with Gasteiger partial charge in [-0.1, -0.05) is 68.1 Å². The molecule has 0 bridgehead atoms. The van der Waals surface area contributed by atoms with E-state index in [-0.39, 0.29) is 24.5 Å². The Bertz CT molecular complexity index is 951. The minimum absolute atomic E-state index is 0.154. The first-order valence-corrected chi connectivity index (χ1v) is 11.5. The van der Waals surface area contributed by atoms with E-state index in [1.165, 1.54) is 12.8 Å². The molecule has 1 atom stereocenters. The molecule has 1 N–H and O–H groups in total. The highest BCUT2D eigenvalue weighted by atomic mass is 16.5. The molecule has 0 spiro atoms. The normalized spacial score (nSPS) is 18.9. The minimum atomic E-state index is -0.761. The molecular weight excluding hydrogens is 404 g/mol. The molecule has 1 aliphatic heterocycles. The molecule has 1 fully saturated rings.